The Bertz CT molecular complexity index is 1000. The molecule has 2 heterocycles. The van der Waals surface area contributed by atoms with Crippen molar-refractivity contribution in [3.63, 3.8) is 0 Å². The van der Waals surface area contributed by atoms with E-state index in [4.69, 9.17) is 4.74 Å². The number of Topliss-reactive ketones (excluding diaryl/α,β-unsaturated/α-hetero) is 1. The summed E-state index contributed by atoms with van der Waals surface area (Å²) < 4.78 is 21.3. The summed E-state index contributed by atoms with van der Waals surface area (Å²) in [5.41, 5.74) is 2.48. The van der Waals surface area contributed by atoms with Gasteiger partial charge in [0.2, 0.25) is 0 Å². The van der Waals surface area contributed by atoms with Crippen LogP contribution in [0.15, 0.2) is 42.1 Å². The van der Waals surface area contributed by atoms with Crippen molar-refractivity contribution in [2.45, 2.75) is 51.6 Å². The predicted octanol–water partition coefficient (Wildman–Crippen LogP) is 4.60. The molecule has 0 radical (unpaired) electrons. The molecule has 2 aromatic rings. The van der Waals surface area contributed by atoms with Crippen molar-refractivity contribution < 1.29 is 18.7 Å². The van der Waals surface area contributed by atoms with Gasteiger partial charge in [-0.2, -0.15) is 5.10 Å². The molecule has 2 aliphatic rings. The van der Waals surface area contributed by atoms with Gasteiger partial charge in [0.1, 0.15) is 5.82 Å². The third kappa shape index (κ3) is 6.51. The molecule has 33 heavy (non-hydrogen) atoms. The van der Waals surface area contributed by atoms with Crippen LogP contribution in [0, 0.1) is 11.7 Å². The molecule has 4 rings (SSSR count). The maximum atomic E-state index is 14.6. The number of rotatable bonds is 9. The second-order valence-electron chi connectivity index (χ2n) is 8.54. The van der Waals surface area contributed by atoms with Crippen LogP contribution in [0.2, 0.25) is 0 Å². The Morgan fingerprint density at radius 3 is 2.79 bits per heavy atom. The molecule has 0 bridgehead atoms. The van der Waals surface area contributed by atoms with Crippen LogP contribution in [-0.4, -0.2) is 46.1 Å². The lowest BCUT2D eigenvalue weighted by Crippen LogP contribution is -2.39. The van der Waals surface area contributed by atoms with Gasteiger partial charge < -0.3 is 4.74 Å². The van der Waals surface area contributed by atoms with E-state index in [1.54, 1.807) is 29.8 Å². The van der Waals surface area contributed by atoms with Crippen LogP contribution in [0.3, 0.4) is 0 Å². The molecule has 1 aromatic heterocycles. The number of halogens is 2. The maximum absolute atomic E-state index is 14.6. The number of nitrogens with zero attached hydrogens (tertiary/aromatic N) is 3. The molecule has 1 atom stereocenters. The van der Waals surface area contributed by atoms with E-state index in [1.807, 2.05) is 18.3 Å². The van der Waals surface area contributed by atoms with E-state index in [9.17, 15) is 14.0 Å². The van der Waals surface area contributed by atoms with Gasteiger partial charge in [-0.15, -0.1) is 12.4 Å². The molecule has 178 valence electrons. The number of ether oxygens (including phenoxy) is 1. The van der Waals surface area contributed by atoms with Crippen molar-refractivity contribution in [3.05, 3.63) is 59.2 Å². The average Bonchev–Trinajstić information content (AvgIpc) is 3.54. The standard InChI is InChI=1S/C25H30FN3O3.ClH/c1-2-32-23(30)12-15-29-14-11-20(27-29)16-18-6-5-13-28(17-18)24(25(31)19-9-10-19)21-7-3-4-8-22(21)26;/h3-4,7-8,11,14,16,19,24H,2,5-6,9-10,12-13,15,17H2,1H3;1H/b18-16+;. The van der Waals surface area contributed by atoms with Crippen molar-refractivity contribution in [2.24, 2.45) is 5.92 Å². The zero-order valence-electron chi connectivity index (χ0n) is 18.9. The summed E-state index contributed by atoms with van der Waals surface area (Å²) in [4.78, 5) is 26.8. The molecule has 1 aromatic carbocycles. The lowest BCUT2D eigenvalue weighted by Gasteiger charge is -2.35. The number of likely N-dealkylation sites (tertiary alicyclic amines) is 1. The van der Waals surface area contributed by atoms with Crippen molar-refractivity contribution in [3.8, 4) is 0 Å². The number of benzene rings is 1. The summed E-state index contributed by atoms with van der Waals surface area (Å²) in [5.74, 6) is -0.350. The largest absolute Gasteiger partial charge is 0.466 e. The molecular weight excluding hydrogens is 445 g/mol. The minimum Gasteiger partial charge on any atom is -0.466 e. The lowest BCUT2D eigenvalue weighted by molar-refractivity contribution is -0.143. The van der Waals surface area contributed by atoms with E-state index in [0.717, 1.165) is 37.9 Å². The lowest BCUT2D eigenvalue weighted by atomic mass is 9.93. The first-order valence-corrected chi connectivity index (χ1v) is 11.5. The minimum atomic E-state index is -0.533. The molecule has 1 saturated heterocycles. The number of carbonyl (C=O) groups is 2. The van der Waals surface area contributed by atoms with Crippen molar-refractivity contribution in [1.82, 2.24) is 14.7 Å². The topological polar surface area (TPSA) is 64.4 Å². The molecule has 1 aliphatic heterocycles. The fraction of sp³-hybridized carbons (Fsp3) is 0.480. The highest BCUT2D eigenvalue weighted by molar-refractivity contribution is 5.89. The van der Waals surface area contributed by atoms with Crippen LogP contribution in [0.4, 0.5) is 4.39 Å². The SMILES string of the molecule is CCOC(=O)CCn1ccc(/C=C2\CCCN(C(C(=O)C3CC3)c3ccccc3F)C2)n1.Cl. The van der Waals surface area contributed by atoms with Crippen LogP contribution in [0.1, 0.15) is 56.3 Å². The Kier molecular flexibility index (Phi) is 8.80. The molecule has 1 aliphatic carbocycles. The Morgan fingerprint density at radius 2 is 2.06 bits per heavy atom. The van der Waals surface area contributed by atoms with Crippen LogP contribution < -0.4 is 0 Å². The van der Waals surface area contributed by atoms with Crippen molar-refractivity contribution >= 4 is 30.2 Å². The Labute approximate surface area is 200 Å². The van der Waals surface area contributed by atoms with Gasteiger partial charge in [-0.25, -0.2) is 4.39 Å². The first-order chi connectivity index (χ1) is 15.5. The van der Waals surface area contributed by atoms with E-state index in [-0.39, 0.29) is 42.3 Å². The van der Waals surface area contributed by atoms with Crippen molar-refractivity contribution in [2.75, 3.05) is 19.7 Å². The fourth-order valence-electron chi connectivity index (χ4n) is 4.31. The Morgan fingerprint density at radius 1 is 1.27 bits per heavy atom. The number of ketones is 1. The van der Waals surface area contributed by atoms with E-state index in [2.05, 4.69) is 10.00 Å². The molecule has 0 N–H and O–H groups in total. The number of carbonyl (C=O) groups excluding carboxylic acids is 2. The molecule has 2 fully saturated rings. The zero-order valence-corrected chi connectivity index (χ0v) is 19.7. The number of hydrogen-bond donors (Lipinski definition) is 0. The highest BCUT2D eigenvalue weighted by Crippen LogP contribution is 2.39. The maximum Gasteiger partial charge on any atom is 0.307 e. The van der Waals surface area contributed by atoms with Gasteiger partial charge in [0.25, 0.3) is 0 Å². The third-order valence-electron chi connectivity index (χ3n) is 6.03. The van der Waals surface area contributed by atoms with Gasteiger partial charge in [0, 0.05) is 24.2 Å². The monoisotopic (exact) mass is 475 g/mol. The van der Waals surface area contributed by atoms with Crippen LogP contribution in [-0.2, 0) is 20.9 Å². The summed E-state index contributed by atoms with van der Waals surface area (Å²) >= 11 is 0. The van der Waals surface area contributed by atoms with Crippen molar-refractivity contribution in [1.29, 1.82) is 0 Å². The molecule has 0 spiro atoms. The summed E-state index contributed by atoms with van der Waals surface area (Å²) in [5, 5.41) is 4.54. The summed E-state index contributed by atoms with van der Waals surface area (Å²) in [6.45, 7) is 4.02. The van der Waals surface area contributed by atoms with E-state index >= 15 is 0 Å². The number of hydrogen-bond acceptors (Lipinski definition) is 5. The number of aryl methyl sites for hydroxylation is 1. The molecule has 6 nitrogen and oxygen atoms in total. The Balaban J connectivity index is 0.00000306. The van der Waals surface area contributed by atoms with Gasteiger partial charge in [0.05, 0.1) is 31.3 Å². The summed E-state index contributed by atoms with van der Waals surface area (Å²) in [6.07, 6.45) is 7.84. The molecule has 1 saturated carbocycles. The minimum absolute atomic E-state index is 0. The quantitative estimate of drug-likeness (QED) is 0.496. The summed E-state index contributed by atoms with van der Waals surface area (Å²) in [6, 6.07) is 8.03. The van der Waals surface area contributed by atoms with Crippen LogP contribution in [0.5, 0.6) is 0 Å². The predicted molar refractivity (Wildman–Crippen MR) is 126 cm³/mol. The van der Waals surface area contributed by atoms with Gasteiger partial charge in [-0.3, -0.25) is 19.2 Å². The van der Waals surface area contributed by atoms with Crippen LogP contribution >= 0.6 is 12.4 Å². The highest BCUT2D eigenvalue weighted by atomic mass is 35.5. The first kappa shape index (κ1) is 25.1. The molecule has 1 unspecified atom stereocenters. The van der Waals surface area contributed by atoms with Gasteiger partial charge in [0.15, 0.2) is 5.78 Å². The average molecular weight is 476 g/mol. The van der Waals surface area contributed by atoms with Gasteiger partial charge >= 0.3 is 5.97 Å². The molecule has 0 amide bonds. The number of aromatic nitrogens is 2. The Hall–Kier alpha value is -2.51. The fourth-order valence-corrected chi connectivity index (χ4v) is 4.31. The van der Waals surface area contributed by atoms with Gasteiger partial charge in [-0.1, -0.05) is 23.8 Å². The normalized spacial score (nSPS) is 18.5. The van der Waals surface area contributed by atoms with E-state index in [0.29, 0.717) is 25.3 Å². The van der Waals surface area contributed by atoms with Gasteiger partial charge in [-0.05, 0) is 57.4 Å². The molecule has 8 heteroatoms. The second kappa shape index (κ2) is 11.6. The second-order valence-corrected chi connectivity index (χ2v) is 8.54. The smallest absolute Gasteiger partial charge is 0.307 e. The third-order valence-corrected chi connectivity index (χ3v) is 6.03. The van der Waals surface area contributed by atoms with Crippen LogP contribution in [0.25, 0.3) is 6.08 Å². The first-order valence-electron chi connectivity index (χ1n) is 11.5. The summed E-state index contributed by atoms with van der Waals surface area (Å²) in [7, 11) is 0. The number of piperidine rings is 1. The van der Waals surface area contributed by atoms with E-state index < -0.39 is 6.04 Å². The van der Waals surface area contributed by atoms with E-state index in [1.165, 1.54) is 11.6 Å². The zero-order chi connectivity index (χ0) is 22.5. The molecular formula is C25H31ClFN3O3. The highest BCUT2D eigenvalue weighted by Gasteiger charge is 2.40. The number of esters is 1.